The number of hydrogen-bond donors (Lipinski definition) is 1. The Morgan fingerprint density at radius 2 is 1.41 bits per heavy atom. The van der Waals surface area contributed by atoms with Gasteiger partial charge in [0, 0.05) is 23.9 Å². The normalized spacial score (nSPS) is 11.6. The maximum Gasteiger partial charge on any atom is 0.241 e. The molecule has 164 valence electrons. The predicted octanol–water partition coefficient (Wildman–Crippen LogP) is 5.25. The van der Waals surface area contributed by atoms with Gasteiger partial charge < -0.3 is 0 Å². The van der Waals surface area contributed by atoms with E-state index in [1.165, 1.54) is 0 Å². The summed E-state index contributed by atoms with van der Waals surface area (Å²) in [6.45, 7) is 7.75. The zero-order valence-corrected chi connectivity index (χ0v) is 19.6. The number of nitrogens with zero attached hydrogens (tertiary/aromatic N) is 2. The van der Waals surface area contributed by atoms with Crippen LogP contribution in [0.2, 0.25) is 0 Å². The number of benzene rings is 3. The average Bonchev–Trinajstić information content (AvgIpc) is 3.22. The highest BCUT2D eigenvalue weighted by molar-refractivity contribution is 7.89. The van der Waals surface area contributed by atoms with E-state index in [0.29, 0.717) is 4.90 Å². The molecule has 0 aliphatic heterocycles. The Bertz CT molecular complexity index is 1330. The highest BCUT2D eigenvalue weighted by Crippen LogP contribution is 2.27. The minimum absolute atomic E-state index is 0.144. The molecule has 1 N–H and O–H groups in total. The van der Waals surface area contributed by atoms with Gasteiger partial charge in [0.1, 0.15) is 0 Å². The fourth-order valence-corrected chi connectivity index (χ4v) is 5.54. The topological polar surface area (TPSA) is 64.0 Å². The second-order valence-corrected chi connectivity index (χ2v) is 9.77. The lowest BCUT2D eigenvalue weighted by Gasteiger charge is -2.16. The summed E-state index contributed by atoms with van der Waals surface area (Å²) >= 11 is 0. The first-order valence-electron chi connectivity index (χ1n) is 10.5. The molecule has 1 heterocycles. The van der Waals surface area contributed by atoms with Crippen LogP contribution in [0.4, 0.5) is 0 Å². The summed E-state index contributed by atoms with van der Waals surface area (Å²) in [5.41, 5.74) is 6.92. The van der Waals surface area contributed by atoms with Crippen molar-refractivity contribution in [3.8, 4) is 16.9 Å². The number of sulfonamides is 1. The fourth-order valence-electron chi connectivity index (χ4n) is 3.92. The van der Waals surface area contributed by atoms with Crippen LogP contribution in [-0.2, 0) is 16.6 Å². The van der Waals surface area contributed by atoms with Crippen LogP contribution in [0.15, 0.2) is 77.8 Å². The second kappa shape index (κ2) is 8.73. The van der Waals surface area contributed by atoms with Crippen LogP contribution in [0.1, 0.15) is 27.8 Å². The van der Waals surface area contributed by atoms with E-state index in [2.05, 4.69) is 4.72 Å². The van der Waals surface area contributed by atoms with E-state index in [-0.39, 0.29) is 6.54 Å². The molecule has 0 saturated carbocycles. The van der Waals surface area contributed by atoms with Crippen molar-refractivity contribution >= 4 is 10.0 Å². The van der Waals surface area contributed by atoms with Gasteiger partial charge in [-0.25, -0.2) is 17.8 Å². The Labute approximate surface area is 189 Å². The van der Waals surface area contributed by atoms with Crippen molar-refractivity contribution in [2.45, 2.75) is 39.1 Å². The smallest absolute Gasteiger partial charge is 0.240 e. The molecule has 6 heteroatoms. The van der Waals surface area contributed by atoms with Crippen molar-refractivity contribution in [2.75, 3.05) is 0 Å². The van der Waals surface area contributed by atoms with Gasteiger partial charge in [-0.2, -0.15) is 5.10 Å². The lowest BCUT2D eigenvalue weighted by molar-refractivity contribution is 0.579. The first-order valence-corrected chi connectivity index (χ1v) is 12.0. The Balaban J connectivity index is 1.73. The van der Waals surface area contributed by atoms with Crippen LogP contribution in [0.5, 0.6) is 0 Å². The summed E-state index contributed by atoms with van der Waals surface area (Å²) in [4.78, 5) is 0.367. The Kier molecular flexibility index (Phi) is 6.00. The highest BCUT2D eigenvalue weighted by atomic mass is 32.2. The molecule has 0 aliphatic rings. The monoisotopic (exact) mass is 445 g/mol. The van der Waals surface area contributed by atoms with Crippen molar-refractivity contribution < 1.29 is 8.42 Å². The largest absolute Gasteiger partial charge is 0.241 e. The molecular formula is C26H27N3O2S. The van der Waals surface area contributed by atoms with Gasteiger partial charge in [0.15, 0.2) is 0 Å². The van der Waals surface area contributed by atoms with Gasteiger partial charge in [0.25, 0.3) is 0 Å². The van der Waals surface area contributed by atoms with Crippen LogP contribution >= 0.6 is 0 Å². The van der Waals surface area contributed by atoms with Crippen LogP contribution < -0.4 is 4.72 Å². The molecule has 4 rings (SSSR count). The molecule has 0 fully saturated rings. The van der Waals surface area contributed by atoms with Crippen LogP contribution in [0.25, 0.3) is 16.9 Å². The maximum atomic E-state index is 13.3. The molecular weight excluding hydrogens is 418 g/mol. The molecule has 0 unspecified atom stereocenters. The van der Waals surface area contributed by atoms with Crippen molar-refractivity contribution in [3.63, 3.8) is 0 Å². The van der Waals surface area contributed by atoms with Crippen molar-refractivity contribution in [1.82, 2.24) is 14.5 Å². The molecule has 0 bridgehead atoms. The van der Waals surface area contributed by atoms with Crippen LogP contribution in [0, 0.1) is 27.7 Å². The summed E-state index contributed by atoms with van der Waals surface area (Å²) in [5.74, 6) is 0. The van der Waals surface area contributed by atoms with Crippen molar-refractivity contribution in [3.05, 3.63) is 101 Å². The number of aromatic nitrogens is 2. The van der Waals surface area contributed by atoms with Gasteiger partial charge in [-0.05, 0) is 62.1 Å². The first-order chi connectivity index (χ1) is 15.3. The molecule has 1 aromatic heterocycles. The van der Waals surface area contributed by atoms with E-state index >= 15 is 0 Å². The van der Waals surface area contributed by atoms with Crippen LogP contribution in [-0.4, -0.2) is 18.2 Å². The lowest BCUT2D eigenvalue weighted by Crippen LogP contribution is -2.25. The SMILES string of the molecule is Cc1cc(C)c(C)c(S(=O)(=O)NCc2cn(-c3ccccc3)nc2-c2ccccc2)c1C. The van der Waals surface area contributed by atoms with Gasteiger partial charge in [-0.3, -0.25) is 0 Å². The summed E-state index contributed by atoms with van der Waals surface area (Å²) in [5, 5.41) is 4.77. The van der Waals surface area contributed by atoms with Crippen molar-refractivity contribution in [1.29, 1.82) is 0 Å². The summed E-state index contributed by atoms with van der Waals surface area (Å²) in [7, 11) is -3.71. The molecule has 0 amide bonds. The highest BCUT2D eigenvalue weighted by Gasteiger charge is 2.23. The lowest BCUT2D eigenvalue weighted by atomic mass is 10.0. The number of aryl methyl sites for hydroxylation is 2. The average molecular weight is 446 g/mol. The van der Waals surface area contributed by atoms with E-state index in [4.69, 9.17) is 5.10 Å². The third kappa shape index (κ3) is 4.24. The van der Waals surface area contributed by atoms with Gasteiger partial charge in [0.05, 0.1) is 16.3 Å². The molecule has 0 atom stereocenters. The Hall–Kier alpha value is -3.22. The molecule has 0 spiro atoms. The van der Waals surface area contributed by atoms with E-state index in [1.54, 1.807) is 4.68 Å². The van der Waals surface area contributed by atoms with Gasteiger partial charge in [0.2, 0.25) is 10.0 Å². The van der Waals surface area contributed by atoms with E-state index in [1.807, 2.05) is 101 Å². The molecule has 0 saturated heterocycles. The molecule has 3 aromatic carbocycles. The summed E-state index contributed by atoms with van der Waals surface area (Å²) in [6.07, 6.45) is 1.89. The third-order valence-electron chi connectivity index (χ3n) is 5.88. The van der Waals surface area contributed by atoms with Gasteiger partial charge >= 0.3 is 0 Å². The predicted molar refractivity (Wildman–Crippen MR) is 128 cm³/mol. The molecule has 5 nitrogen and oxygen atoms in total. The van der Waals surface area contributed by atoms with Crippen LogP contribution in [0.3, 0.4) is 0 Å². The number of rotatable bonds is 6. The Morgan fingerprint density at radius 1 is 0.844 bits per heavy atom. The number of para-hydroxylation sites is 1. The minimum atomic E-state index is -3.71. The zero-order chi connectivity index (χ0) is 22.9. The minimum Gasteiger partial charge on any atom is -0.240 e. The number of nitrogens with one attached hydrogen (secondary N) is 1. The van der Waals surface area contributed by atoms with Gasteiger partial charge in [-0.15, -0.1) is 0 Å². The quantitative estimate of drug-likeness (QED) is 0.441. The summed E-state index contributed by atoms with van der Waals surface area (Å²) < 4.78 is 31.3. The second-order valence-electron chi connectivity index (χ2n) is 8.06. The van der Waals surface area contributed by atoms with E-state index in [9.17, 15) is 8.42 Å². The molecule has 0 aliphatic carbocycles. The fraction of sp³-hybridized carbons (Fsp3) is 0.192. The Morgan fingerprint density at radius 3 is 2.00 bits per heavy atom. The maximum absolute atomic E-state index is 13.3. The molecule has 4 aromatic rings. The standard InChI is InChI=1S/C26H27N3O2S/c1-18-15-19(2)21(4)26(20(18)3)32(30,31)27-16-23-17-29(24-13-9-6-10-14-24)28-25(23)22-11-7-5-8-12-22/h5-15,17,27H,16H2,1-4H3. The van der Waals surface area contributed by atoms with Crippen molar-refractivity contribution in [2.24, 2.45) is 0 Å². The number of hydrogen-bond acceptors (Lipinski definition) is 3. The zero-order valence-electron chi connectivity index (χ0n) is 18.8. The third-order valence-corrected chi connectivity index (χ3v) is 7.55. The molecule has 32 heavy (non-hydrogen) atoms. The van der Waals surface area contributed by atoms with Gasteiger partial charge in [-0.1, -0.05) is 54.6 Å². The van der Waals surface area contributed by atoms with E-state index < -0.39 is 10.0 Å². The van der Waals surface area contributed by atoms with E-state index in [0.717, 1.165) is 44.8 Å². The summed E-state index contributed by atoms with van der Waals surface area (Å²) in [6, 6.07) is 21.6. The molecule has 0 radical (unpaired) electrons. The first kappa shape index (κ1) is 22.0.